The second-order valence-corrected chi connectivity index (χ2v) is 27.0. The van der Waals surface area contributed by atoms with E-state index in [-0.39, 0.29) is 5.41 Å². The van der Waals surface area contributed by atoms with E-state index in [9.17, 15) is 4.79 Å². The Labute approximate surface area is 196 Å². The molecule has 32 heavy (non-hydrogen) atoms. The first-order valence-corrected chi connectivity index (χ1v) is 19.0. The molecule has 0 aromatic heterocycles. The Morgan fingerprint density at radius 2 is 1.59 bits per heavy atom. The van der Waals surface area contributed by atoms with Crippen molar-refractivity contribution in [3.8, 4) is 11.1 Å². The van der Waals surface area contributed by atoms with Crippen LogP contribution >= 0.6 is 0 Å². The second kappa shape index (κ2) is 7.04. The quantitative estimate of drug-likeness (QED) is 0.521. The molecule has 0 saturated heterocycles. The number of hydrogen-bond acceptors (Lipinski definition) is 1. The SMILES string of the molecule is CCC1=Cc2cc(C(C)(C)C)cc(-c3c(C)c4c(C)c(c3C([NH])=O)[Si](C)(C)[Si]4(C)C)c2C1. The van der Waals surface area contributed by atoms with Crippen LogP contribution in [0, 0.1) is 13.8 Å². The molecule has 169 valence electrons. The van der Waals surface area contributed by atoms with Crippen LogP contribution in [-0.2, 0) is 11.8 Å². The van der Waals surface area contributed by atoms with Gasteiger partial charge in [0.1, 0.15) is 0 Å². The molecule has 2 aromatic rings. The second-order valence-electron chi connectivity index (χ2n) is 12.0. The molecule has 0 atom stereocenters. The van der Waals surface area contributed by atoms with Gasteiger partial charge >= 0.3 is 0 Å². The van der Waals surface area contributed by atoms with Crippen LogP contribution in [0.3, 0.4) is 0 Å². The molecular weight excluding hydrogens is 422 g/mol. The van der Waals surface area contributed by atoms with Crippen LogP contribution in [-0.4, -0.2) is 21.1 Å². The van der Waals surface area contributed by atoms with Crippen LogP contribution in [0.15, 0.2) is 17.7 Å². The molecule has 0 fully saturated rings. The van der Waals surface area contributed by atoms with E-state index in [1.807, 2.05) is 0 Å². The van der Waals surface area contributed by atoms with E-state index in [1.165, 1.54) is 44.1 Å². The minimum absolute atomic E-state index is 0.0181. The van der Waals surface area contributed by atoms with Gasteiger partial charge in [0.25, 0.3) is 5.91 Å². The summed E-state index contributed by atoms with van der Waals surface area (Å²) in [6.45, 7) is 23.3. The van der Waals surface area contributed by atoms with Crippen LogP contribution in [0.1, 0.15) is 72.3 Å². The van der Waals surface area contributed by atoms with E-state index < -0.39 is 21.1 Å². The highest BCUT2D eigenvalue weighted by molar-refractivity contribution is 7.52. The van der Waals surface area contributed by atoms with Crippen molar-refractivity contribution in [3.05, 3.63) is 51.1 Å². The number of hydrogen-bond donors (Lipinski definition) is 0. The zero-order chi connectivity index (χ0) is 24.0. The van der Waals surface area contributed by atoms with Gasteiger partial charge in [-0.2, -0.15) is 0 Å². The maximum Gasteiger partial charge on any atom is 0.270 e. The van der Waals surface area contributed by atoms with Gasteiger partial charge in [0, 0.05) is 5.56 Å². The maximum absolute atomic E-state index is 13.0. The third kappa shape index (κ3) is 2.98. The van der Waals surface area contributed by atoms with E-state index >= 15 is 0 Å². The van der Waals surface area contributed by atoms with Gasteiger partial charge < -0.3 is 0 Å². The van der Waals surface area contributed by atoms with Gasteiger partial charge in [-0.3, -0.25) is 10.5 Å². The fourth-order valence-corrected chi connectivity index (χ4v) is 17.6. The van der Waals surface area contributed by atoms with E-state index in [1.54, 1.807) is 5.19 Å². The summed E-state index contributed by atoms with van der Waals surface area (Å²) in [5.41, 5.74) is 19.4. The molecule has 1 aliphatic heterocycles. The van der Waals surface area contributed by atoms with Gasteiger partial charge in [0.15, 0.2) is 0 Å². The zero-order valence-electron chi connectivity index (χ0n) is 21.6. The first kappa shape index (κ1) is 23.2. The van der Waals surface area contributed by atoms with E-state index in [0.29, 0.717) is 0 Å². The lowest BCUT2D eigenvalue weighted by molar-refractivity contribution is 0.0993. The van der Waals surface area contributed by atoms with Crippen LogP contribution in [0.4, 0.5) is 0 Å². The lowest BCUT2D eigenvalue weighted by Gasteiger charge is -2.33. The molecule has 1 amide bonds. The Morgan fingerprint density at radius 3 is 2.12 bits per heavy atom. The third-order valence-electron chi connectivity index (χ3n) is 8.68. The average Bonchev–Trinajstić information content (AvgIpc) is 3.12. The predicted molar refractivity (Wildman–Crippen MR) is 144 cm³/mol. The number of nitrogens with one attached hydrogen (secondary N) is 1. The highest BCUT2D eigenvalue weighted by Crippen LogP contribution is 2.43. The molecule has 1 N–H and O–H groups in total. The van der Waals surface area contributed by atoms with Gasteiger partial charge in [-0.1, -0.05) is 88.4 Å². The summed E-state index contributed by atoms with van der Waals surface area (Å²) in [5, 5.41) is 2.84. The Morgan fingerprint density at radius 1 is 1.00 bits per heavy atom. The molecule has 0 unspecified atom stereocenters. The molecule has 4 heteroatoms. The summed E-state index contributed by atoms with van der Waals surface area (Å²) in [6.07, 6.45) is 4.36. The Balaban J connectivity index is 2.17. The van der Waals surface area contributed by atoms with Crippen molar-refractivity contribution in [2.45, 2.75) is 86.0 Å². The lowest BCUT2D eigenvalue weighted by Crippen LogP contribution is -2.64. The predicted octanol–water partition coefficient (Wildman–Crippen LogP) is 5.96. The molecular formula is C28H38NOSi2. The largest absolute Gasteiger partial charge is 0.270 e. The molecule has 1 radical (unpaired) electrons. The fourth-order valence-electron chi connectivity index (χ4n) is 6.34. The van der Waals surface area contributed by atoms with Gasteiger partial charge in [-0.25, -0.2) is 0 Å². The summed E-state index contributed by atoms with van der Waals surface area (Å²) in [7, 11) is -3.58. The van der Waals surface area contributed by atoms with Gasteiger partial charge in [0.2, 0.25) is 0 Å². The fraction of sp³-hybridized carbons (Fsp3) is 0.464. The standard InChI is InChI=1S/C28H38NOSi2/c1-11-18-12-19-14-20(28(4,5)6)15-22(21(19)13-18)23-16(2)25-17(3)26(24(23)27(29)30)32(9,10)31(25,7)8/h12,14-15,29H,11,13H2,1-10H3. The molecule has 1 heterocycles. The molecule has 4 rings (SSSR count). The first-order valence-electron chi connectivity index (χ1n) is 12.0. The molecule has 2 nitrogen and oxygen atoms in total. The third-order valence-corrected chi connectivity index (χ3v) is 26.6. The van der Waals surface area contributed by atoms with Crippen LogP contribution in [0.2, 0.25) is 26.2 Å². The summed E-state index contributed by atoms with van der Waals surface area (Å²) in [5.74, 6) is -0.503. The first-order chi connectivity index (χ1) is 14.6. The zero-order valence-corrected chi connectivity index (χ0v) is 23.6. The molecule has 0 saturated carbocycles. The average molecular weight is 461 g/mol. The van der Waals surface area contributed by atoms with Crippen molar-refractivity contribution in [1.29, 1.82) is 0 Å². The number of rotatable bonds is 3. The Bertz CT molecular complexity index is 1210. The van der Waals surface area contributed by atoms with Crippen molar-refractivity contribution in [1.82, 2.24) is 5.73 Å². The van der Waals surface area contributed by atoms with Crippen molar-refractivity contribution in [3.63, 3.8) is 0 Å². The van der Waals surface area contributed by atoms with Crippen LogP contribution in [0.5, 0.6) is 0 Å². The van der Waals surface area contributed by atoms with E-state index in [0.717, 1.165) is 24.0 Å². The highest BCUT2D eigenvalue weighted by atomic mass is 29.3. The Kier molecular flexibility index (Phi) is 5.11. The number of carbonyl (C=O) groups excluding carboxylic acids is 1. The van der Waals surface area contributed by atoms with Crippen molar-refractivity contribution >= 4 is 37.5 Å². The Hall–Kier alpha value is -1.92. The lowest BCUT2D eigenvalue weighted by atomic mass is 9.80. The van der Waals surface area contributed by atoms with Gasteiger partial charge in [0.05, 0.1) is 15.2 Å². The number of carbonyl (C=O) groups is 1. The van der Waals surface area contributed by atoms with E-state index in [4.69, 9.17) is 5.73 Å². The summed E-state index contributed by atoms with van der Waals surface area (Å²) in [6, 6.07) is 4.70. The van der Waals surface area contributed by atoms with Gasteiger partial charge in [-0.15, -0.1) is 0 Å². The number of amides is 1. The smallest absolute Gasteiger partial charge is 0.267 e. The minimum Gasteiger partial charge on any atom is -0.267 e. The number of allylic oxidation sites excluding steroid dienone is 1. The molecule has 0 spiro atoms. The molecule has 2 aromatic carbocycles. The summed E-state index contributed by atoms with van der Waals surface area (Å²) < 4.78 is 0. The van der Waals surface area contributed by atoms with Gasteiger partial charge in [-0.05, 0) is 70.7 Å². The number of benzene rings is 2. The molecule has 2 aliphatic rings. The molecule has 1 aliphatic carbocycles. The van der Waals surface area contributed by atoms with Crippen LogP contribution in [0.25, 0.3) is 17.2 Å². The topological polar surface area (TPSA) is 40.9 Å². The summed E-state index contributed by atoms with van der Waals surface area (Å²) >= 11 is 0. The highest BCUT2D eigenvalue weighted by Gasteiger charge is 2.54. The monoisotopic (exact) mass is 460 g/mol. The summed E-state index contributed by atoms with van der Waals surface area (Å²) in [4.78, 5) is 13.0. The molecule has 2 bridgehead atoms. The number of fused-ring (bicyclic) bond motifs is 3. The van der Waals surface area contributed by atoms with Crippen molar-refractivity contribution in [2.24, 2.45) is 0 Å². The normalized spacial score (nSPS) is 18.0. The minimum atomic E-state index is -1.85. The van der Waals surface area contributed by atoms with Crippen LogP contribution < -0.4 is 16.1 Å². The maximum atomic E-state index is 13.0. The van der Waals surface area contributed by atoms with Crippen molar-refractivity contribution in [2.75, 3.05) is 0 Å². The van der Waals surface area contributed by atoms with E-state index in [2.05, 4.69) is 85.9 Å². The van der Waals surface area contributed by atoms with Crippen molar-refractivity contribution < 1.29 is 4.79 Å².